The van der Waals surface area contributed by atoms with E-state index < -0.39 is 17.7 Å². The summed E-state index contributed by atoms with van der Waals surface area (Å²) in [5.41, 5.74) is 1.80. The quantitative estimate of drug-likeness (QED) is 0.493. The number of hydrogen-bond acceptors (Lipinski definition) is 7. The zero-order valence-electron chi connectivity index (χ0n) is 16.3. The Hall–Kier alpha value is -2.54. The van der Waals surface area contributed by atoms with Crippen molar-refractivity contribution < 1.29 is 19.1 Å². The fraction of sp³-hybridized carbons (Fsp3) is 0.500. The number of cyclic esters (lactones) is 2. The molecule has 2 aliphatic heterocycles. The molecule has 0 atom stereocenters. The van der Waals surface area contributed by atoms with Crippen molar-refractivity contribution in [3.05, 3.63) is 36.0 Å². The number of nitrogens with zero attached hydrogens (tertiary/aromatic N) is 2. The minimum Gasteiger partial charge on any atom is -0.419 e. The molecular formula is C20H27N3O4. The van der Waals surface area contributed by atoms with Gasteiger partial charge < -0.3 is 24.6 Å². The van der Waals surface area contributed by atoms with Gasteiger partial charge in [0.1, 0.15) is 0 Å². The molecule has 2 fully saturated rings. The van der Waals surface area contributed by atoms with Crippen molar-refractivity contribution in [3.8, 4) is 0 Å². The fourth-order valence-electron chi connectivity index (χ4n) is 3.34. The Bertz CT molecular complexity index is 710. The topological polar surface area (TPSA) is 71.1 Å². The van der Waals surface area contributed by atoms with E-state index in [1.165, 1.54) is 25.7 Å². The number of rotatable bonds is 4. The number of ether oxygens (including phenoxy) is 2. The maximum Gasteiger partial charge on any atom is 0.350 e. The molecule has 3 rings (SSSR count). The number of hydrogen-bond donors (Lipinski definition) is 1. The summed E-state index contributed by atoms with van der Waals surface area (Å²) in [6.07, 6.45) is 3.64. The van der Waals surface area contributed by atoms with Crippen molar-refractivity contribution in [1.82, 2.24) is 4.90 Å². The molecule has 0 radical (unpaired) electrons. The minimum absolute atomic E-state index is 0.149. The molecule has 1 aromatic carbocycles. The zero-order chi connectivity index (χ0) is 19.6. The highest BCUT2D eigenvalue weighted by molar-refractivity contribution is 6.15. The summed E-state index contributed by atoms with van der Waals surface area (Å²) in [6.45, 7) is 5.11. The number of anilines is 2. The lowest BCUT2D eigenvalue weighted by Gasteiger charge is -2.36. The lowest BCUT2D eigenvalue weighted by atomic mass is 10.0. The Balaban J connectivity index is 1.60. The summed E-state index contributed by atoms with van der Waals surface area (Å²) in [5, 5.41) is 2.97. The summed E-state index contributed by atoms with van der Waals surface area (Å²) in [7, 11) is 4.27. The van der Waals surface area contributed by atoms with Crippen LogP contribution in [0.3, 0.4) is 0 Å². The van der Waals surface area contributed by atoms with Crippen LogP contribution in [0.4, 0.5) is 11.4 Å². The largest absolute Gasteiger partial charge is 0.419 e. The van der Waals surface area contributed by atoms with Gasteiger partial charge in [-0.3, -0.25) is 0 Å². The summed E-state index contributed by atoms with van der Waals surface area (Å²) < 4.78 is 10.1. The van der Waals surface area contributed by atoms with Crippen LogP contribution in [0.25, 0.3) is 0 Å². The van der Waals surface area contributed by atoms with E-state index in [9.17, 15) is 9.59 Å². The van der Waals surface area contributed by atoms with Crippen molar-refractivity contribution in [2.75, 3.05) is 37.4 Å². The van der Waals surface area contributed by atoms with Crippen LogP contribution in [0.15, 0.2) is 36.0 Å². The predicted octanol–water partition coefficient (Wildman–Crippen LogP) is 2.35. The first-order valence-electron chi connectivity index (χ1n) is 9.20. The third-order valence-corrected chi connectivity index (χ3v) is 4.93. The van der Waals surface area contributed by atoms with Gasteiger partial charge in [-0.2, -0.15) is 0 Å². The second-order valence-corrected chi connectivity index (χ2v) is 7.61. The van der Waals surface area contributed by atoms with E-state index in [4.69, 9.17) is 9.47 Å². The Morgan fingerprint density at radius 1 is 1.07 bits per heavy atom. The van der Waals surface area contributed by atoms with Gasteiger partial charge >= 0.3 is 11.9 Å². The molecule has 1 N–H and O–H groups in total. The van der Waals surface area contributed by atoms with Crippen molar-refractivity contribution in [1.29, 1.82) is 0 Å². The normalized spacial score (nSPS) is 20.3. The SMILES string of the molecule is CN(C)C1CCN(c2ccc(NC=C3C(=O)OC(C)(C)OC3=O)cc2)CC1. The summed E-state index contributed by atoms with van der Waals surface area (Å²) in [6, 6.07) is 8.57. The Labute approximate surface area is 159 Å². The van der Waals surface area contributed by atoms with Gasteiger partial charge in [0, 0.05) is 50.6 Å². The number of piperidine rings is 1. The molecule has 0 aliphatic carbocycles. The van der Waals surface area contributed by atoms with E-state index in [0.717, 1.165) is 31.6 Å². The maximum atomic E-state index is 11.9. The van der Waals surface area contributed by atoms with E-state index in [1.54, 1.807) is 0 Å². The monoisotopic (exact) mass is 373 g/mol. The van der Waals surface area contributed by atoms with Crippen molar-refractivity contribution in [2.45, 2.75) is 38.5 Å². The van der Waals surface area contributed by atoms with Gasteiger partial charge in [-0.15, -0.1) is 0 Å². The summed E-state index contributed by atoms with van der Waals surface area (Å²) >= 11 is 0. The van der Waals surface area contributed by atoms with Crippen molar-refractivity contribution in [3.63, 3.8) is 0 Å². The van der Waals surface area contributed by atoms with E-state index >= 15 is 0 Å². The molecule has 2 saturated heterocycles. The molecule has 7 heteroatoms. The van der Waals surface area contributed by atoms with E-state index in [0.29, 0.717) is 6.04 Å². The maximum absolute atomic E-state index is 11.9. The fourth-order valence-corrected chi connectivity index (χ4v) is 3.34. The average molecular weight is 373 g/mol. The first-order valence-corrected chi connectivity index (χ1v) is 9.20. The van der Waals surface area contributed by atoms with Crippen LogP contribution in [-0.2, 0) is 19.1 Å². The molecule has 0 saturated carbocycles. The highest BCUT2D eigenvalue weighted by atomic mass is 16.7. The highest BCUT2D eigenvalue weighted by Gasteiger charge is 2.38. The van der Waals surface area contributed by atoms with Gasteiger partial charge in [0.25, 0.3) is 5.79 Å². The van der Waals surface area contributed by atoms with Crippen LogP contribution in [0.1, 0.15) is 26.7 Å². The van der Waals surface area contributed by atoms with Crippen LogP contribution in [0, 0.1) is 0 Å². The van der Waals surface area contributed by atoms with Crippen LogP contribution < -0.4 is 10.2 Å². The number of carbonyl (C=O) groups is 2. The number of esters is 2. The highest BCUT2D eigenvalue weighted by Crippen LogP contribution is 2.25. The van der Waals surface area contributed by atoms with Gasteiger partial charge in [0.2, 0.25) is 0 Å². The zero-order valence-corrected chi connectivity index (χ0v) is 16.3. The van der Waals surface area contributed by atoms with Crippen LogP contribution in [0.2, 0.25) is 0 Å². The van der Waals surface area contributed by atoms with E-state index in [2.05, 4.69) is 29.2 Å². The third-order valence-electron chi connectivity index (χ3n) is 4.93. The molecule has 146 valence electrons. The van der Waals surface area contributed by atoms with Gasteiger partial charge in [0.05, 0.1) is 0 Å². The molecule has 0 aromatic heterocycles. The number of carbonyl (C=O) groups excluding carboxylic acids is 2. The van der Waals surface area contributed by atoms with E-state index in [-0.39, 0.29) is 5.57 Å². The van der Waals surface area contributed by atoms with Crippen LogP contribution >= 0.6 is 0 Å². The standard InChI is InChI=1S/C20H27N3O4/c1-20(2)26-18(24)17(19(25)27-20)13-21-14-5-7-16(8-6-14)23-11-9-15(10-12-23)22(3)4/h5-8,13,15,21H,9-12H2,1-4H3. The number of nitrogens with one attached hydrogen (secondary N) is 1. The van der Waals surface area contributed by atoms with Gasteiger partial charge in [-0.05, 0) is 51.2 Å². The van der Waals surface area contributed by atoms with E-state index in [1.807, 2.05) is 24.3 Å². The van der Waals surface area contributed by atoms with Crippen LogP contribution in [-0.4, -0.2) is 55.9 Å². The Morgan fingerprint density at radius 2 is 1.63 bits per heavy atom. The average Bonchev–Trinajstić information content (AvgIpc) is 2.60. The third kappa shape index (κ3) is 4.60. The van der Waals surface area contributed by atoms with Gasteiger partial charge in [-0.25, -0.2) is 9.59 Å². The first kappa shape index (κ1) is 19.2. The summed E-state index contributed by atoms with van der Waals surface area (Å²) in [4.78, 5) is 28.5. The lowest BCUT2D eigenvalue weighted by Crippen LogP contribution is -2.42. The molecule has 7 nitrogen and oxygen atoms in total. The van der Waals surface area contributed by atoms with Gasteiger partial charge in [-0.1, -0.05) is 0 Å². The first-order chi connectivity index (χ1) is 12.7. The second-order valence-electron chi connectivity index (χ2n) is 7.61. The molecule has 0 bridgehead atoms. The Kier molecular flexibility index (Phi) is 5.41. The number of benzene rings is 1. The van der Waals surface area contributed by atoms with Crippen LogP contribution in [0.5, 0.6) is 0 Å². The molecular weight excluding hydrogens is 346 g/mol. The Morgan fingerprint density at radius 3 is 2.15 bits per heavy atom. The molecule has 27 heavy (non-hydrogen) atoms. The predicted molar refractivity (Wildman–Crippen MR) is 103 cm³/mol. The molecule has 0 spiro atoms. The molecule has 0 amide bonds. The molecule has 2 heterocycles. The van der Waals surface area contributed by atoms with Gasteiger partial charge in [0.15, 0.2) is 5.57 Å². The lowest BCUT2D eigenvalue weighted by molar-refractivity contribution is -0.222. The molecule has 1 aromatic rings. The second kappa shape index (κ2) is 7.60. The van der Waals surface area contributed by atoms with Crippen molar-refractivity contribution >= 4 is 23.3 Å². The summed E-state index contributed by atoms with van der Waals surface area (Å²) in [5.74, 6) is -2.61. The molecule has 2 aliphatic rings. The molecule has 0 unspecified atom stereocenters. The van der Waals surface area contributed by atoms with Crippen molar-refractivity contribution in [2.24, 2.45) is 0 Å². The minimum atomic E-state index is -1.23. The smallest absolute Gasteiger partial charge is 0.350 e.